The number of aliphatic imine (C=N–C) groups is 3. The van der Waals surface area contributed by atoms with Gasteiger partial charge in [-0.3, -0.25) is 4.79 Å². The molecule has 0 aromatic carbocycles. The molecule has 1 saturated heterocycles. The summed E-state index contributed by atoms with van der Waals surface area (Å²) in [6, 6.07) is 0. The van der Waals surface area contributed by atoms with Gasteiger partial charge >= 0.3 is 5.97 Å². The first-order valence-electron chi connectivity index (χ1n) is 14.7. The molecule has 218 valence electrons. The first-order chi connectivity index (χ1) is 20.1. The second-order valence-electron chi connectivity index (χ2n) is 11.8. The van der Waals surface area contributed by atoms with E-state index in [2.05, 4.69) is 32.2 Å². The van der Waals surface area contributed by atoms with Gasteiger partial charge in [-0.15, -0.1) is 0 Å². The van der Waals surface area contributed by atoms with E-state index in [-0.39, 0.29) is 36.8 Å². The van der Waals surface area contributed by atoms with E-state index in [1.54, 1.807) is 0 Å². The van der Waals surface area contributed by atoms with Crippen LogP contribution in [0.2, 0.25) is 0 Å². The predicted octanol–water partition coefficient (Wildman–Crippen LogP) is 5.85. The molecule has 1 aliphatic carbocycles. The Bertz CT molecular complexity index is 1680. The first kappa shape index (κ1) is 28.1. The molecule has 1 fully saturated rings. The van der Waals surface area contributed by atoms with Crippen LogP contribution in [-0.4, -0.2) is 47.0 Å². The number of carbonyl (C=O) groups is 1. The molecule has 0 aromatic heterocycles. The number of allylic oxidation sites excluding steroid dienone is 11. The molecule has 5 heterocycles. The van der Waals surface area contributed by atoms with Gasteiger partial charge in [0.05, 0.1) is 47.9 Å². The summed E-state index contributed by atoms with van der Waals surface area (Å²) in [5.74, 6) is -0.150. The van der Waals surface area contributed by atoms with Crippen molar-refractivity contribution in [3.05, 3.63) is 91.5 Å². The van der Waals surface area contributed by atoms with Crippen LogP contribution in [0.3, 0.4) is 0 Å². The molecule has 42 heavy (non-hydrogen) atoms. The van der Waals surface area contributed by atoms with Crippen LogP contribution in [0.15, 0.2) is 106 Å². The van der Waals surface area contributed by atoms with E-state index in [0.717, 1.165) is 91.1 Å². The van der Waals surface area contributed by atoms with Gasteiger partial charge in [0.25, 0.3) is 0 Å². The topological polar surface area (TPSA) is 116 Å². The summed E-state index contributed by atoms with van der Waals surface area (Å²) in [5.41, 5.74) is 13.3. The standard InChI is InChI=1S/C34H38N4O4/c1-8-20-15(2)24-12-28-22(14-39)17(4)23(36-28)11-25-16(3)21(9-10-29(40)42-7)32(37-25)30-19(6)34(41)31-18(5)26(38-33(30)31)13-27(20)35-24/h11-13,16,19,21,37,39,41H,8-10,14H2,1-7H3/t16-,19-,21-/m0/s1. The first-order valence-corrected chi connectivity index (χ1v) is 14.7. The van der Waals surface area contributed by atoms with Crippen molar-refractivity contribution in [3.63, 3.8) is 0 Å². The van der Waals surface area contributed by atoms with Crippen molar-refractivity contribution in [2.45, 2.75) is 60.8 Å². The van der Waals surface area contributed by atoms with Gasteiger partial charge in [0.1, 0.15) is 5.76 Å². The number of methoxy groups -OCH3 is 1. The van der Waals surface area contributed by atoms with Gasteiger partial charge in [-0.2, -0.15) is 0 Å². The Morgan fingerprint density at radius 2 is 1.64 bits per heavy atom. The molecule has 6 aliphatic rings. The van der Waals surface area contributed by atoms with Crippen LogP contribution in [0.5, 0.6) is 0 Å². The van der Waals surface area contributed by atoms with Crippen molar-refractivity contribution in [2.24, 2.45) is 32.7 Å². The lowest BCUT2D eigenvalue weighted by Gasteiger charge is -2.19. The number of fused-ring (bicyclic) bond motifs is 5. The molecule has 8 bridgehead atoms. The summed E-state index contributed by atoms with van der Waals surface area (Å²) >= 11 is 0. The highest BCUT2D eigenvalue weighted by Gasteiger charge is 2.44. The molecule has 0 unspecified atom stereocenters. The summed E-state index contributed by atoms with van der Waals surface area (Å²) in [7, 11) is 1.41. The average Bonchev–Trinajstić information content (AvgIpc) is 3.69. The zero-order valence-corrected chi connectivity index (χ0v) is 25.3. The normalized spacial score (nSPS) is 26.5. The quantitative estimate of drug-likeness (QED) is 0.361. The third kappa shape index (κ3) is 4.15. The lowest BCUT2D eigenvalue weighted by atomic mass is 9.84. The fourth-order valence-electron chi connectivity index (χ4n) is 6.99. The van der Waals surface area contributed by atoms with Crippen molar-refractivity contribution in [3.8, 4) is 0 Å². The Labute approximate surface area is 246 Å². The predicted molar refractivity (Wildman–Crippen MR) is 165 cm³/mol. The minimum absolute atomic E-state index is 0.0153. The fraction of sp³-hybridized carbons (Fsp3) is 0.412. The maximum Gasteiger partial charge on any atom is 0.305 e. The highest BCUT2D eigenvalue weighted by Crippen LogP contribution is 2.48. The number of nitrogens with zero attached hydrogens (tertiary/aromatic N) is 3. The largest absolute Gasteiger partial charge is 0.511 e. The smallest absolute Gasteiger partial charge is 0.305 e. The third-order valence-electron chi connectivity index (χ3n) is 9.63. The fourth-order valence-corrected chi connectivity index (χ4v) is 6.99. The highest BCUT2D eigenvalue weighted by atomic mass is 16.5. The molecule has 8 nitrogen and oxygen atoms in total. The number of hydrogen-bond donors (Lipinski definition) is 3. The third-order valence-corrected chi connectivity index (χ3v) is 9.63. The SMILES string of the molecule is CCC1=C(C)C2=NC1=CC1=C(C)C3=C(O)[C@@H](C)C(=C4NC(=CC5=NC(=C2)C(CO)=C5C)[C@@H](C)[C@@H]4CCC(=O)OC)C3=N1. The summed E-state index contributed by atoms with van der Waals surface area (Å²) in [6.07, 6.45) is 7.73. The Morgan fingerprint density at radius 3 is 2.31 bits per heavy atom. The minimum Gasteiger partial charge on any atom is -0.511 e. The van der Waals surface area contributed by atoms with Gasteiger partial charge in [-0.05, 0) is 74.1 Å². The Hall–Kier alpha value is -4.04. The number of aliphatic hydroxyl groups is 2. The number of esters is 1. The van der Waals surface area contributed by atoms with Crippen molar-refractivity contribution < 1.29 is 19.7 Å². The summed E-state index contributed by atoms with van der Waals surface area (Å²) in [4.78, 5) is 27.3. The Morgan fingerprint density at radius 1 is 0.976 bits per heavy atom. The lowest BCUT2D eigenvalue weighted by molar-refractivity contribution is -0.140. The average molecular weight is 567 g/mol. The van der Waals surface area contributed by atoms with Crippen molar-refractivity contribution in [1.29, 1.82) is 0 Å². The molecule has 0 saturated carbocycles. The Balaban J connectivity index is 1.62. The molecule has 0 spiro atoms. The molecule has 5 aliphatic heterocycles. The molecule has 6 rings (SSSR count). The van der Waals surface area contributed by atoms with Crippen LogP contribution < -0.4 is 5.32 Å². The summed E-state index contributed by atoms with van der Waals surface area (Å²) < 4.78 is 4.98. The second-order valence-corrected chi connectivity index (χ2v) is 11.8. The van der Waals surface area contributed by atoms with E-state index in [1.807, 2.05) is 32.9 Å². The molecule has 3 N–H and O–H groups in total. The van der Waals surface area contributed by atoms with Crippen molar-refractivity contribution in [1.82, 2.24) is 5.32 Å². The van der Waals surface area contributed by atoms with Crippen LogP contribution in [0.4, 0.5) is 0 Å². The zero-order valence-electron chi connectivity index (χ0n) is 25.3. The van der Waals surface area contributed by atoms with E-state index < -0.39 is 0 Å². The summed E-state index contributed by atoms with van der Waals surface area (Å²) in [6.45, 7) is 12.2. The van der Waals surface area contributed by atoms with E-state index >= 15 is 0 Å². The molecular weight excluding hydrogens is 528 g/mol. The molecule has 0 aromatic rings. The monoisotopic (exact) mass is 566 g/mol. The molecule has 0 radical (unpaired) electrons. The van der Waals surface area contributed by atoms with Gasteiger partial charge in [0.2, 0.25) is 0 Å². The number of ether oxygens (including phenoxy) is 1. The number of hydrogen-bond acceptors (Lipinski definition) is 8. The zero-order chi connectivity index (χ0) is 30.0. The number of carbonyl (C=O) groups excluding carboxylic acids is 1. The number of rotatable bonds is 5. The van der Waals surface area contributed by atoms with E-state index in [4.69, 9.17) is 19.7 Å². The molecule has 3 atom stereocenters. The van der Waals surface area contributed by atoms with Crippen LogP contribution in [0.1, 0.15) is 60.8 Å². The molecule has 8 heteroatoms. The molecule has 0 amide bonds. The van der Waals surface area contributed by atoms with Gasteiger partial charge < -0.3 is 20.3 Å². The lowest BCUT2D eigenvalue weighted by Crippen LogP contribution is -2.18. The van der Waals surface area contributed by atoms with Crippen molar-refractivity contribution in [2.75, 3.05) is 13.7 Å². The highest BCUT2D eigenvalue weighted by molar-refractivity contribution is 6.21. The maximum atomic E-state index is 12.2. The Kier molecular flexibility index (Phi) is 6.92. The van der Waals surface area contributed by atoms with Crippen LogP contribution in [-0.2, 0) is 9.53 Å². The van der Waals surface area contributed by atoms with Gasteiger partial charge in [0, 0.05) is 52.3 Å². The second kappa shape index (κ2) is 10.3. The summed E-state index contributed by atoms with van der Waals surface area (Å²) in [5, 5.41) is 25.5. The minimum atomic E-state index is -0.249. The van der Waals surface area contributed by atoms with Gasteiger partial charge in [-0.25, -0.2) is 15.0 Å². The van der Waals surface area contributed by atoms with E-state index in [9.17, 15) is 15.0 Å². The number of aliphatic hydroxyl groups excluding tert-OH is 2. The van der Waals surface area contributed by atoms with Crippen LogP contribution >= 0.6 is 0 Å². The maximum absolute atomic E-state index is 12.2. The van der Waals surface area contributed by atoms with E-state index in [1.165, 1.54) is 7.11 Å². The molecular formula is C34H38N4O4. The van der Waals surface area contributed by atoms with Crippen LogP contribution in [0.25, 0.3) is 0 Å². The van der Waals surface area contributed by atoms with E-state index in [0.29, 0.717) is 12.2 Å². The van der Waals surface area contributed by atoms with Gasteiger partial charge in [-0.1, -0.05) is 20.8 Å². The van der Waals surface area contributed by atoms with Crippen molar-refractivity contribution >= 4 is 23.1 Å². The number of nitrogens with one attached hydrogen (secondary N) is 1. The van der Waals surface area contributed by atoms with Gasteiger partial charge in [0.15, 0.2) is 0 Å². The van der Waals surface area contributed by atoms with Crippen LogP contribution in [0, 0.1) is 17.8 Å².